The molecule has 0 aromatic heterocycles. The molecule has 0 saturated carbocycles. The Bertz CT molecular complexity index is 540. The third kappa shape index (κ3) is 3.29. The van der Waals surface area contributed by atoms with E-state index < -0.39 is 0 Å². The normalized spacial score (nSPS) is 10.4. The molecular weight excluding hydrogens is 359 g/mol. The van der Waals surface area contributed by atoms with Crippen LogP contribution in [-0.2, 0) is 6.54 Å². The summed E-state index contributed by atoms with van der Waals surface area (Å²) in [5.41, 5.74) is 8.92. The molecule has 0 aliphatic rings. The van der Waals surface area contributed by atoms with Crippen LogP contribution in [0, 0.1) is 3.57 Å². The van der Waals surface area contributed by atoms with Gasteiger partial charge < -0.3 is 10.6 Å². The molecule has 0 aliphatic carbocycles. The minimum absolute atomic E-state index is 0.702. The van der Waals surface area contributed by atoms with Crippen molar-refractivity contribution in [3.63, 3.8) is 0 Å². The zero-order valence-corrected chi connectivity index (χ0v) is 12.9. The van der Waals surface area contributed by atoms with Crippen LogP contribution >= 0.6 is 34.2 Å². The SMILES string of the molecule is CN(Cc1ccc(I)cc1)c1cc(Cl)ccc1N. The van der Waals surface area contributed by atoms with Crippen molar-refractivity contribution in [3.05, 3.63) is 56.6 Å². The number of benzene rings is 2. The Hall–Kier alpha value is -0.940. The molecule has 4 heteroatoms. The number of nitrogens with two attached hydrogens (primary N) is 1. The predicted octanol–water partition coefficient (Wildman–Crippen LogP) is 4.16. The van der Waals surface area contributed by atoms with Crippen LogP contribution in [0.15, 0.2) is 42.5 Å². The summed E-state index contributed by atoms with van der Waals surface area (Å²) >= 11 is 8.30. The Morgan fingerprint density at radius 3 is 2.50 bits per heavy atom. The number of anilines is 2. The van der Waals surface area contributed by atoms with Gasteiger partial charge in [0.05, 0.1) is 11.4 Å². The Kier molecular flexibility index (Phi) is 4.35. The number of halogens is 2. The first-order chi connectivity index (χ1) is 8.56. The zero-order valence-electron chi connectivity index (χ0n) is 10.0. The van der Waals surface area contributed by atoms with Crippen LogP contribution in [0.3, 0.4) is 0 Å². The van der Waals surface area contributed by atoms with Gasteiger partial charge in [-0.3, -0.25) is 0 Å². The first kappa shape index (κ1) is 13.5. The van der Waals surface area contributed by atoms with Gasteiger partial charge in [-0.05, 0) is 58.5 Å². The van der Waals surface area contributed by atoms with Crippen molar-refractivity contribution in [1.29, 1.82) is 0 Å². The molecule has 0 bridgehead atoms. The number of nitrogen functional groups attached to an aromatic ring is 1. The van der Waals surface area contributed by atoms with Gasteiger partial charge in [0.15, 0.2) is 0 Å². The van der Waals surface area contributed by atoms with Gasteiger partial charge in [-0.2, -0.15) is 0 Å². The van der Waals surface area contributed by atoms with E-state index in [0.29, 0.717) is 5.02 Å². The van der Waals surface area contributed by atoms with Crippen LogP contribution in [0.25, 0.3) is 0 Å². The molecule has 0 fully saturated rings. The van der Waals surface area contributed by atoms with Crippen molar-refractivity contribution in [2.24, 2.45) is 0 Å². The molecular formula is C14H14ClIN2. The van der Waals surface area contributed by atoms with Crippen molar-refractivity contribution in [2.75, 3.05) is 17.7 Å². The lowest BCUT2D eigenvalue weighted by molar-refractivity contribution is 0.924. The fourth-order valence-electron chi connectivity index (χ4n) is 1.80. The van der Waals surface area contributed by atoms with Gasteiger partial charge in [0.25, 0.3) is 0 Å². The Morgan fingerprint density at radius 1 is 1.17 bits per heavy atom. The topological polar surface area (TPSA) is 29.3 Å². The van der Waals surface area contributed by atoms with E-state index in [9.17, 15) is 0 Å². The van der Waals surface area contributed by atoms with Crippen molar-refractivity contribution in [1.82, 2.24) is 0 Å². The second kappa shape index (κ2) is 5.80. The highest BCUT2D eigenvalue weighted by Crippen LogP contribution is 2.27. The maximum atomic E-state index is 6.00. The average molecular weight is 373 g/mol. The van der Waals surface area contributed by atoms with E-state index in [4.69, 9.17) is 17.3 Å². The minimum Gasteiger partial charge on any atom is -0.397 e. The van der Waals surface area contributed by atoms with E-state index in [1.165, 1.54) is 9.13 Å². The van der Waals surface area contributed by atoms with Crippen LogP contribution in [0.5, 0.6) is 0 Å². The Morgan fingerprint density at radius 2 is 1.83 bits per heavy atom. The molecule has 0 atom stereocenters. The molecule has 94 valence electrons. The van der Waals surface area contributed by atoms with Gasteiger partial charge in [0.1, 0.15) is 0 Å². The molecule has 0 unspecified atom stereocenters. The molecule has 2 nitrogen and oxygen atoms in total. The lowest BCUT2D eigenvalue weighted by Gasteiger charge is -2.21. The number of rotatable bonds is 3. The van der Waals surface area contributed by atoms with E-state index in [-0.39, 0.29) is 0 Å². The molecule has 2 N–H and O–H groups in total. The summed E-state index contributed by atoms with van der Waals surface area (Å²) in [6.45, 7) is 0.807. The molecule has 0 aliphatic heterocycles. The van der Waals surface area contributed by atoms with Crippen molar-refractivity contribution >= 4 is 45.6 Å². The first-order valence-electron chi connectivity index (χ1n) is 5.57. The number of nitrogens with zero attached hydrogens (tertiary/aromatic N) is 1. The highest BCUT2D eigenvalue weighted by atomic mass is 127. The van der Waals surface area contributed by atoms with Crippen molar-refractivity contribution in [3.8, 4) is 0 Å². The summed E-state index contributed by atoms with van der Waals surface area (Å²) in [5.74, 6) is 0. The first-order valence-corrected chi connectivity index (χ1v) is 7.02. The standard InChI is InChI=1S/C14H14ClIN2/c1-18(9-10-2-5-12(16)6-3-10)14-8-11(15)4-7-13(14)17/h2-8H,9,17H2,1H3. The summed E-state index contributed by atoms with van der Waals surface area (Å²) in [5, 5.41) is 0.702. The van der Waals surface area contributed by atoms with Gasteiger partial charge in [-0.1, -0.05) is 23.7 Å². The van der Waals surface area contributed by atoms with Crippen LogP contribution in [0.2, 0.25) is 5.02 Å². The molecule has 2 aromatic carbocycles. The Labute approximate surface area is 126 Å². The molecule has 0 heterocycles. The van der Waals surface area contributed by atoms with Crippen LogP contribution in [0.4, 0.5) is 11.4 Å². The summed E-state index contributed by atoms with van der Waals surface area (Å²) in [6.07, 6.45) is 0. The minimum atomic E-state index is 0.702. The van der Waals surface area contributed by atoms with Crippen LogP contribution < -0.4 is 10.6 Å². The second-order valence-electron chi connectivity index (χ2n) is 4.19. The quantitative estimate of drug-likeness (QED) is 0.647. The molecule has 0 saturated heterocycles. The third-order valence-electron chi connectivity index (χ3n) is 2.74. The average Bonchev–Trinajstić information content (AvgIpc) is 2.35. The zero-order chi connectivity index (χ0) is 13.1. The highest BCUT2D eigenvalue weighted by Gasteiger charge is 2.06. The van der Waals surface area contributed by atoms with Crippen LogP contribution in [-0.4, -0.2) is 7.05 Å². The monoisotopic (exact) mass is 372 g/mol. The van der Waals surface area contributed by atoms with Gasteiger partial charge in [0, 0.05) is 22.2 Å². The van der Waals surface area contributed by atoms with E-state index in [1.807, 2.05) is 19.2 Å². The van der Waals surface area contributed by atoms with Gasteiger partial charge in [-0.25, -0.2) is 0 Å². The molecule has 18 heavy (non-hydrogen) atoms. The maximum absolute atomic E-state index is 6.00. The predicted molar refractivity (Wildman–Crippen MR) is 87.1 cm³/mol. The number of hydrogen-bond donors (Lipinski definition) is 1. The summed E-state index contributed by atoms with van der Waals surface area (Å²) in [7, 11) is 2.01. The van der Waals surface area contributed by atoms with Gasteiger partial charge in [0.2, 0.25) is 0 Å². The second-order valence-corrected chi connectivity index (χ2v) is 5.87. The molecule has 0 amide bonds. The summed E-state index contributed by atoms with van der Waals surface area (Å²) < 4.78 is 1.24. The maximum Gasteiger partial charge on any atom is 0.0615 e. The lowest BCUT2D eigenvalue weighted by atomic mass is 10.2. The lowest BCUT2D eigenvalue weighted by Crippen LogP contribution is -2.17. The van der Waals surface area contributed by atoms with Crippen molar-refractivity contribution < 1.29 is 0 Å². The largest absolute Gasteiger partial charge is 0.397 e. The summed E-state index contributed by atoms with van der Waals surface area (Å²) in [6, 6.07) is 14.0. The third-order valence-corrected chi connectivity index (χ3v) is 3.69. The summed E-state index contributed by atoms with van der Waals surface area (Å²) in [4.78, 5) is 2.10. The Balaban J connectivity index is 2.18. The number of hydrogen-bond acceptors (Lipinski definition) is 2. The van der Waals surface area contributed by atoms with E-state index in [0.717, 1.165) is 17.9 Å². The van der Waals surface area contributed by atoms with Crippen molar-refractivity contribution in [2.45, 2.75) is 6.54 Å². The van der Waals surface area contributed by atoms with Gasteiger partial charge in [-0.15, -0.1) is 0 Å². The fourth-order valence-corrected chi connectivity index (χ4v) is 2.32. The van der Waals surface area contributed by atoms with Gasteiger partial charge >= 0.3 is 0 Å². The van der Waals surface area contributed by atoms with Crippen LogP contribution in [0.1, 0.15) is 5.56 Å². The molecule has 2 aromatic rings. The molecule has 0 spiro atoms. The fraction of sp³-hybridized carbons (Fsp3) is 0.143. The van der Waals surface area contributed by atoms with E-state index in [2.05, 4.69) is 51.8 Å². The molecule has 0 radical (unpaired) electrons. The molecule has 2 rings (SSSR count). The van der Waals surface area contributed by atoms with E-state index >= 15 is 0 Å². The highest BCUT2D eigenvalue weighted by molar-refractivity contribution is 14.1. The van der Waals surface area contributed by atoms with E-state index in [1.54, 1.807) is 6.07 Å². The smallest absolute Gasteiger partial charge is 0.0615 e.